The fraction of sp³-hybridized carbons (Fsp3) is 0.292. The van der Waals surface area contributed by atoms with E-state index in [4.69, 9.17) is 0 Å². The van der Waals surface area contributed by atoms with E-state index >= 15 is 0 Å². The summed E-state index contributed by atoms with van der Waals surface area (Å²) in [6.07, 6.45) is 7.77. The Balaban J connectivity index is 1.49. The maximum atomic E-state index is 15.0. The summed E-state index contributed by atoms with van der Waals surface area (Å²) in [7, 11) is 0. The summed E-state index contributed by atoms with van der Waals surface area (Å²) >= 11 is 0. The highest BCUT2D eigenvalue weighted by Gasteiger charge is 2.23. The van der Waals surface area contributed by atoms with E-state index in [1.54, 1.807) is 36.7 Å². The summed E-state index contributed by atoms with van der Waals surface area (Å²) in [6, 6.07) is 8.15. The average Bonchev–Trinajstić information content (AvgIpc) is 3.14. The van der Waals surface area contributed by atoms with Crippen molar-refractivity contribution in [2.24, 2.45) is 5.92 Å². The molecule has 8 heteroatoms. The van der Waals surface area contributed by atoms with Crippen molar-refractivity contribution in [1.29, 1.82) is 0 Å². The Morgan fingerprint density at radius 3 is 2.56 bits per heavy atom. The van der Waals surface area contributed by atoms with Crippen molar-refractivity contribution < 1.29 is 18.0 Å². The smallest absolute Gasteiger partial charge is 0.319 e. The van der Waals surface area contributed by atoms with Crippen molar-refractivity contribution in [2.75, 3.05) is 18.0 Å². The molecule has 0 amide bonds. The van der Waals surface area contributed by atoms with Gasteiger partial charge in [0.25, 0.3) is 0 Å². The number of pyridine rings is 2. The van der Waals surface area contributed by atoms with Crippen LogP contribution in [0, 0.1) is 11.7 Å². The fourth-order valence-corrected chi connectivity index (χ4v) is 4.62. The minimum atomic E-state index is -2.72. The summed E-state index contributed by atoms with van der Waals surface area (Å²) in [5.74, 6) is 0.178. The molecule has 1 aliphatic rings. The van der Waals surface area contributed by atoms with Crippen LogP contribution in [-0.2, 0) is 4.79 Å². The Hall–Kier alpha value is -3.42. The minimum Gasteiger partial charge on any atom is -0.354 e. The zero-order valence-electron chi connectivity index (χ0n) is 17.2. The molecule has 0 bridgehead atoms. The van der Waals surface area contributed by atoms with Crippen LogP contribution in [-0.4, -0.2) is 33.9 Å². The number of rotatable bonds is 5. The number of aromatic nitrogens is 3. The number of nitrogens with zero attached hydrogens (tertiary/aromatic N) is 4. The second-order valence-electron chi connectivity index (χ2n) is 8.13. The van der Waals surface area contributed by atoms with Gasteiger partial charge in [0.05, 0.1) is 11.0 Å². The third kappa shape index (κ3) is 3.49. The lowest BCUT2D eigenvalue weighted by Crippen LogP contribution is -2.35. The lowest BCUT2D eigenvalue weighted by Gasteiger charge is -2.32. The van der Waals surface area contributed by atoms with Crippen molar-refractivity contribution in [3.63, 3.8) is 0 Å². The van der Waals surface area contributed by atoms with Crippen LogP contribution in [0.2, 0.25) is 0 Å². The number of carbonyl (C=O) groups excluding carboxylic acids is 1. The second kappa shape index (κ2) is 8.26. The Morgan fingerprint density at radius 1 is 1.03 bits per heavy atom. The number of piperidine rings is 1. The number of halogens is 3. The normalized spacial score (nSPS) is 15.2. The highest BCUT2D eigenvalue weighted by molar-refractivity contribution is 6.08. The minimum absolute atomic E-state index is 0.284. The topological polar surface area (TPSA) is 51.0 Å². The molecule has 1 aromatic carbocycles. The van der Waals surface area contributed by atoms with Crippen molar-refractivity contribution in [3.05, 3.63) is 54.7 Å². The van der Waals surface area contributed by atoms with E-state index < -0.39 is 12.4 Å². The molecular weight excluding hydrogens is 417 g/mol. The van der Waals surface area contributed by atoms with Crippen LogP contribution in [0.25, 0.3) is 32.9 Å². The number of hydrogen-bond donors (Lipinski definition) is 0. The molecule has 4 heterocycles. The third-order valence-corrected chi connectivity index (χ3v) is 6.30. The van der Waals surface area contributed by atoms with E-state index in [1.165, 1.54) is 12.3 Å². The zero-order valence-corrected chi connectivity index (χ0v) is 17.2. The van der Waals surface area contributed by atoms with Crippen LogP contribution in [0.3, 0.4) is 0 Å². The van der Waals surface area contributed by atoms with Crippen molar-refractivity contribution in [1.82, 2.24) is 14.5 Å². The number of fused-ring (bicyclic) bond motifs is 3. The highest BCUT2D eigenvalue weighted by Crippen LogP contribution is 2.35. The van der Waals surface area contributed by atoms with Gasteiger partial charge >= 0.3 is 6.55 Å². The molecule has 1 fully saturated rings. The molecule has 4 aromatic rings. The van der Waals surface area contributed by atoms with Gasteiger partial charge in [-0.05, 0) is 42.5 Å². The fourth-order valence-electron chi connectivity index (χ4n) is 4.62. The van der Waals surface area contributed by atoms with Gasteiger partial charge in [-0.2, -0.15) is 8.78 Å². The molecule has 5 rings (SSSR count). The summed E-state index contributed by atoms with van der Waals surface area (Å²) < 4.78 is 43.6. The monoisotopic (exact) mass is 438 g/mol. The predicted molar refractivity (Wildman–Crippen MR) is 117 cm³/mol. The van der Waals surface area contributed by atoms with Gasteiger partial charge in [0.2, 0.25) is 0 Å². The first-order valence-electron chi connectivity index (χ1n) is 10.6. The standard InChI is InChI=1S/C24H21F3N4O/c25-20-11-17(13-29-23(20)30-8-4-15(5-9-30)6-10-32)16-1-2-18-19-14-28-7-3-21(19)31(24(26)27)22(18)12-16/h1-3,7,10-15,24H,4-6,8-9H2. The quantitative estimate of drug-likeness (QED) is 0.381. The number of aldehydes is 1. The Bertz CT molecular complexity index is 1300. The van der Waals surface area contributed by atoms with Crippen LogP contribution < -0.4 is 4.90 Å². The van der Waals surface area contributed by atoms with Gasteiger partial charge in [0.15, 0.2) is 11.6 Å². The van der Waals surface area contributed by atoms with Crippen LogP contribution in [0.15, 0.2) is 48.9 Å². The van der Waals surface area contributed by atoms with Gasteiger partial charge in [-0.15, -0.1) is 0 Å². The molecule has 3 aromatic heterocycles. The molecule has 1 saturated heterocycles. The number of benzene rings is 1. The average molecular weight is 438 g/mol. The number of alkyl halides is 2. The summed E-state index contributed by atoms with van der Waals surface area (Å²) in [4.78, 5) is 21.0. The van der Waals surface area contributed by atoms with Crippen LogP contribution in [0.5, 0.6) is 0 Å². The molecule has 5 nitrogen and oxygen atoms in total. The highest BCUT2D eigenvalue weighted by atomic mass is 19.3. The van der Waals surface area contributed by atoms with Crippen LogP contribution in [0.1, 0.15) is 25.8 Å². The SMILES string of the molecule is O=CCC1CCN(c2ncc(-c3ccc4c5cnccc5n(C(F)F)c4c3)cc2F)CC1. The van der Waals surface area contributed by atoms with Crippen LogP contribution >= 0.6 is 0 Å². The predicted octanol–water partition coefficient (Wildman–Crippen LogP) is 5.59. The molecular formula is C24H21F3N4O. The van der Waals surface area contributed by atoms with Gasteiger partial charge in [0.1, 0.15) is 6.29 Å². The van der Waals surface area contributed by atoms with Gasteiger partial charge in [0, 0.05) is 54.4 Å². The van der Waals surface area contributed by atoms with Gasteiger partial charge < -0.3 is 9.69 Å². The van der Waals surface area contributed by atoms with Crippen molar-refractivity contribution in [3.8, 4) is 11.1 Å². The van der Waals surface area contributed by atoms with Crippen molar-refractivity contribution >= 4 is 33.9 Å². The molecule has 0 N–H and O–H groups in total. The first-order valence-corrected chi connectivity index (χ1v) is 10.6. The molecule has 0 radical (unpaired) electrons. The molecule has 164 valence electrons. The first-order chi connectivity index (χ1) is 15.6. The molecule has 1 aliphatic heterocycles. The van der Waals surface area contributed by atoms with Crippen molar-refractivity contribution in [2.45, 2.75) is 25.8 Å². The van der Waals surface area contributed by atoms with E-state index in [9.17, 15) is 18.0 Å². The molecule has 0 saturated carbocycles. The lowest BCUT2D eigenvalue weighted by atomic mass is 9.94. The Kier molecular flexibility index (Phi) is 5.28. The van der Waals surface area contributed by atoms with E-state index in [2.05, 4.69) is 9.97 Å². The number of carbonyl (C=O) groups is 1. The van der Waals surface area contributed by atoms with E-state index in [-0.39, 0.29) is 5.82 Å². The summed E-state index contributed by atoms with van der Waals surface area (Å²) in [6.45, 7) is -1.42. The molecule has 32 heavy (non-hydrogen) atoms. The van der Waals surface area contributed by atoms with Gasteiger partial charge in [-0.25, -0.2) is 9.37 Å². The van der Waals surface area contributed by atoms with E-state index in [1.807, 2.05) is 4.90 Å². The lowest BCUT2D eigenvalue weighted by molar-refractivity contribution is -0.108. The number of hydrogen-bond acceptors (Lipinski definition) is 4. The molecule has 0 atom stereocenters. The summed E-state index contributed by atoms with van der Waals surface area (Å²) in [5, 5.41) is 1.31. The molecule has 0 unspecified atom stereocenters. The maximum Gasteiger partial charge on any atom is 0.319 e. The Morgan fingerprint density at radius 2 is 1.84 bits per heavy atom. The molecule has 0 aliphatic carbocycles. The Labute approximate surface area is 182 Å². The van der Waals surface area contributed by atoms with Gasteiger partial charge in [-0.1, -0.05) is 12.1 Å². The van der Waals surface area contributed by atoms with E-state index in [0.29, 0.717) is 58.4 Å². The first kappa shape index (κ1) is 20.5. The number of anilines is 1. The van der Waals surface area contributed by atoms with Gasteiger partial charge in [-0.3, -0.25) is 9.55 Å². The maximum absolute atomic E-state index is 15.0. The molecule has 0 spiro atoms. The van der Waals surface area contributed by atoms with E-state index in [0.717, 1.165) is 23.7 Å². The zero-order chi connectivity index (χ0) is 22.2. The summed E-state index contributed by atoms with van der Waals surface area (Å²) in [5.41, 5.74) is 1.90. The van der Waals surface area contributed by atoms with Crippen LogP contribution in [0.4, 0.5) is 19.0 Å². The second-order valence-corrected chi connectivity index (χ2v) is 8.13. The largest absolute Gasteiger partial charge is 0.354 e. The third-order valence-electron chi connectivity index (χ3n) is 6.30.